The summed E-state index contributed by atoms with van der Waals surface area (Å²) in [5.41, 5.74) is 3.16. The van der Waals surface area contributed by atoms with Crippen molar-refractivity contribution >= 4 is 40.3 Å². The lowest BCUT2D eigenvalue weighted by atomic mass is 10.1. The van der Waals surface area contributed by atoms with E-state index in [2.05, 4.69) is 27.5 Å². The van der Waals surface area contributed by atoms with E-state index in [1.165, 1.54) is 11.9 Å². The monoisotopic (exact) mass is 383 g/mol. The summed E-state index contributed by atoms with van der Waals surface area (Å²) in [6, 6.07) is 12.9. The molecule has 2 N–H and O–H groups in total. The van der Waals surface area contributed by atoms with Crippen molar-refractivity contribution in [2.75, 3.05) is 10.6 Å². The van der Waals surface area contributed by atoms with Crippen molar-refractivity contribution in [1.82, 2.24) is 9.97 Å². The van der Waals surface area contributed by atoms with Gasteiger partial charge in [0.2, 0.25) is 11.6 Å². The topological polar surface area (TPSA) is 93.0 Å². The summed E-state index contributed by atoms with van der Waals surface area (Å²) in [7, 11) is 0. The SMILES string of the molecule is CCc1ccc(Nc2ncnc(Nc3ccc(C)c(Cl)c3)c2[N+](=O)[O-])cc1. The van der Waals surface area contributed by atoms with Crippen LogP contribution in [-0.2, 0) is 6.42 Å². The average Bonchev–Trinajstić information content (AvgIpc) is 2.65. The van der Waals surface area contributed by atoms with Gasteiger partial charge >= 0.3 is 5.69 Å². The van der Waals surface area contributed by atoms with Crippen molar-refractivity contribution in [3.63, 3.8) is 0 Å². The highest BCUT2D eigenvalue weighted by Crippen LogP contribution is 2.33. The van der Waals surface area contributed by atoms with Gasteiger partial charge in [0.05, 0.1) is 4.92 Å². The highest BCUT2D eigenvalue weighted by Gasteiger charge is 2.23. The number of hydrogen-bond acceptors (Lipinski definition) is 6. The zero-order valence-corrected chi connectivity index (χ0v) is 15.6. The molecule has 0 saturated carbocycles. The summed E-state index contributed by atoms with van der Waals surface area (Å²) >= 11 is 6.13. The van der Waals surface area contributed by atoms with Crippen molar-refractivity contribution in [1.29, 1.82) is 0 Å². The first-order valence-corrected chi connectivity index (χ1v) is 8.74. The van der Waals surface area contributed by atoms with Crippen LogP contribution < -0.4 is 10.6 Å². The molecule has 0 fully saturated rings. The second-order valence-electron chi connectivity index (χ2n) is 5.94. The van der Waals surface area contributed by atoms with Crippen LogP contribution in [0, 0.1) is 17.0 Å². The van der Waals surface area contributed by atoms with Gasteiger partial charge in [-0.15, -0.1) is 0 Å². The molecule has 0 aliphatic carbocycles. The van der Waals surface area contributed by atoms with E-state index in [1.54, 1.807) is 12.1 Å². The molecule has 0 saturated heterocycles. The molecule has 0 spiro atoms. The van der Waals surface area contributed by atoms with Crippen LogP contribution in [0.25, 0.3) is 0 Å². The second kappa shape index (κ2) is 8.01. The Kier molecular flexibility index (Phi) is 5.52. The van der Waals surface area contributed by atoms with Crippen LogP contribution in [0.15, 0.2) is 48.8 Å². The smallest absolute Gasteiger partial charge is 0.334 e. The van der Waals surface area contributed by atoms with Gasteiger partial charge in [-0.1, -0.05) is 36.7 Å². The lowest BCUT2D eigenvalue weighted by Gasteiger charge is -2.11. The van der Waals surface area contributed by atoms with E-state index in [1.807, 2.05) is 37.3 Å². The first-order valence-electron chi connectivity index (χ1n) is 8.36. The maximum Gasteiger partial charge on any atom is 0.353 e. The van der Waals surface area contributed by atoms with Crippen LogP contribution >= 0.6 is 11.6 Å². The molecule has 27 heavy (non-hydrogen) atoms. The van der Waals surface area contributed by atoms with Crippen LogP contribution in [0.1, 0.15) is 18.1 Å². The summed E-state index contributed by atoms with van der Waals surface area (Å²) in [6.45, 7) is 3.94. The Morgan fingerprint density at radius 1 is 1.04 bits per heavy atom. The van der Waals surface area contributed by atoms with E-state index in [0.29, 0.717) is 16.4 Å². The van der Waals surface area contributed by atoms with Gasteiger partial charge in [-0.3, -0.25) is 10.1 Å². The third kappa shape index (κ3) is 4.32. The quantitative estimate of drug-likeness (QED) is 0.437. The molecule has 7 nitrogen and oxygen atoms in total. The lowest BCUT2D eigenvalue weighted by molar-refractivity contribution is -0.383. The Bertz CT molecular complexity index is 976. The number of nitrogens with one attached hydrogen (secondary N) is 2. The Balaban J connectivity index is 1.94. The number of aryl methyl sites for hydroxylation is 2. The number of anilines is 4. The fourth-order valence-corrected chi connectivity index (χ4v) is 2.68. The molecule has 3 aromatic rings. The normalized spacial score (nSPS) is 10.5. The van der Waals surface area contributed by atoms with Crippen molar-refractivity contribution in [2.24, 2.45) is 0 Å². The van der Waals surface area contributed by atoms with Crippen molar-refractivity contribution in [2.45, 2.75) is 20.3 Å². The van der Waals surface area contributed by atoms with Gasteiger partial charge in [0.1, 0.15) is 6.33 Å². The summed E-state index contributed by atoms with van der Waals surface area (Å²) in [5.74, 6) is 0.197. The van der Waals surface area contributed by atoms with Crippen molar-refractivity contribution in [3.05, 3.63) is 75.1 Å². The standard InChI is InChI=1S/C19H18ClN5O2/c1-3-13-5-8-14(9-6-13)23-18-17(25(26)27)19(22-11-21-18)24-15-7-4-12(2)16(20)10-15/h4-11H,3H2,1-2H3,(H2,21,22,23,24). The molecular formula is C19H18ClN5O2. The molecule has 138 valence electrons. The number of rotatable bonds is 6. The minimum atomic E-state index is -0.513. The zero-order chi connectivity index (χ0) is 19.4. The second-order valence-corrected chi connectivity index (χ2v) is 6.35. The van der Waals surface area contributed by atoms with Gasteiger partial charge < -0.3 is 10.6 Å². The van der Waals surface area contributed by atoms with Crippen molar-refractivity contribution in [3.8, 4) is 0 Å². The van der Waals surface area contributed by atoms with Crippen LogP contribution in [0.5, 0.6) is 0 Å². The number of aromatic nitrogens is 2. The molecule has 2 aromatic carbocycles. The molecule has 0 amide bonds. The summed E-state index contributed by atoms with van der Waals surface area (Å²) in [5, 5.41) is 18.2. The van der Waals surface area contributed by atoms with Crippen LogP contribution in [0.2, 0.25) is 5.02 Å². The van der Waals surface area contributed by atoms with E-state index in [4.69, 9.17) is 11.6 Å². The molecule has 0 atom stereocenters. The third-order valence-corrected chi connectivity index (χ3v) is 4.47. The van der Waals surface area contributed by atoms with Crippen molar-refractivity contribution < 1.29 is 4.92 Å². The predicted molar refractivity (Wildman–Crippen MR) is 107 cm³/mol. The Labute approximate surface area is 161 Å². The van der Waals surface area contributed by atoms with Gasteiger partial charge in [0.25, 0.3) is 0 Å². The third-order valence-electron chi connectivity index (χ3n) is 4.06. The number of benzene rings is 2. The highest BCUT2D eigenvalue weighted by molar-refractivity contribution is 6.31. The number of hydrogen-bond donors (Lipinski definition) is 2. The molecule has 1 aromatic heterocycles. The minimum absolute atomic E-state index is 0.0857. The van der Waals surface area contributed by atoms with E-state index in [0.717, 1.165) is 12.0 Å². The first-order chi connectivity index (χ1) is 13.0. The summed E-state index contributed by atoms with van der Waals surface area (Å²) in [6.07, 6.45) is 2.19. The van der Waals surface area contributed by atoms with Gasteiger partial charge in [0, 0.05) is 16.4 Å². The number of nitrogens with zero attached hydrogens (tertiary/aromatic N) is 3. The molecule has 0 radical (unpaired) electrons. The highest BCUT2D eigenvalue weighted by atomic mass is 35.5. The minimum Gasteiger partial charge on any atom is -0.334 e. The van der Waals surface area contributed by atoms with Gasteiger partial charge in [-0.2, -0.15) is 0 Å². The van der Waals surface area contributed by atoms with E-state index >= 15 is 0 Å². The largest absolute Gasteiger partial charge is 0.353 e. The number of halogens is 1. The van der Waals surface area contributed by atoms with Gasteiger partial charge in [0.15, 0.2) is 0 Å². The fourth-order valence-electron chi connectivity index (χ4n) is 2.50. The molecule has 0 unspecified atom stereocenters. The van der Waals surface area contributed by atoms with Gasteiger partial charge in [-0.25, -0.2) is 9.97 Å². The molecule has 1 heterocycles. The maximum absolute atomic E-state index is 11.7. The first kappa shape index (κ1) is 18.6. The molecule has 0 bridgehead atoms. The molecule has 0 aliphatic rings. The maximum atomic E-state index is 11.7. The van der Waals surface area contributed by atoms with Crippen LogP contribution in [0.4, 0.5) is 28.7 Å². The van der Waals surface area contributed by atoms with E-state index in [9.17, 15) is 10.1 Å². The molecule has 8 heteroatoms. The Hall–Kier alpha value is -3.19. The predicted octanol–water partition coefficient (Wildman–Crippen LogP) is 5.40. The van der Waals surface area contributed by atoms with E-state index in [-0.39, 0.29) is 17.3 Å². The van der Waals surface area contributed by atoms with Crippen LogP contribution in [0.3, 0.4) is 0 Å². The average molecular weight is 384 g/mol. The Morgan fingerprint density at radius 2 is 1.63 bits per heavy atom. The van der Waals surface area contributed by atoms with Crippen LogP contribution in [-0.4, -0.2) is 14.9 Å². The molecule has 0 aliphatic heterocycles. The van der Waals surface area contributed by atoms with E-state index < -0.39 is 4.92 Å². The number of nitro groups is 1. The molecular weight excluding hydrogens is 366 g/mol. The summed E-state index contributed by atoms with van der Waals surface area (Å²) in [4.78, 5) is 19.2. The van der Waals surface area contributed by atoms with Gasteiger partial charge in [-0.05, 0) is 48.7 Å². The summed E-state index contributed by atoms with van der Waals surface area (Å²) < 4.78 is 0. The fraction of sp³-hybridized carbons (Fsp3) is 0.158. The Morgan fingerprint density at radius 3 is 2.19 bits per heavy atom. The zero-order valence-electron chi connectivity index (χ0n) is 14.9. The molecule has 3 rings (SSSR count). The lowest BCUT2D eigenvalue weighted by Crippen LogP contribution is -2.05.